The smallest absolute Gasteiger partial charge is 0.523 e. The average Bonchev–Trinajstić information content (AvgIpc) is 3.40. The summed E-state index contributed by atoms with van der Waals surface area (Å²) in [4.78, 5) is 0. The van der Waals surface area contributed by atoms with Crippen LogP contribution in [0.5, 0.6) is 23.0 Å². The van der Waals surface area contributed by atoms with Gasteiger partial charge in [0.25, 0.3) is 0 Å². The molecule has 0 N–H and O–H groups in total. The van der Waals surface area contributed by atoms with Crippen molar-refractivity contribution in [3.63, 3.8) is 0 Å². The molecule has 6 heteroatoms. The van der Waals surface area contributed by atoms with Gasteiger partial charge < -0.3 is 18.6 Å². The Bertz CT molecular complexity index is 1170. The first-order chi connectivity index (χ1) is 14.8. The van der Waals surface area contributed by atoms with Gasteiger partial charge in [-0.15, -0.1) is 0 Å². The third kappa shape index (κ3) is 2.96. The Balaban J connectivity index is 1.37. The van der Waals surface area contributed by atoms with Gasteiger partial charge in [-0.05, 0) is 40.6 Å². The zero-order chi connectivity index (χ0) is 19.9. The minimum atomic E-state index is -0.455. The Morgan fingerprint density at radius 2 is 1.10 bits per heavy atom. The van der Waals surface area contributed by atoms with E-state index in [0.29, 0.717) is 6.32 Å². The van der Waals surface area contributed by atoms with E-state index in [1.54, 1.807) is 0 Å². The molecule has 0 fully saturated rings. The highest BCUT2D eigenvalue weighted by Gasteiger charge is 2.47. The second-order valence-electron chi connectivity index (χ2n) is 7.57. The third-order valence-electron chi connectivity index (χ3n) is 5.70. The van der Waals surface area contributed by atoms with Crippen molar-refractivity contribution in [2.45, 2.75) is 12.1 Å². The van der Waals surface area contributed by atoms with Crippen molar-refractivity contribution in [1.29, 1.82) is 0 Å². The molecule has 144 valence electrons. The molecule has 0 saturated carbocycles. The van der Waals surface area contributed by atoms with Gasteiger partial charge in [0.2, 0.25) is 0 Å². The normalized spacial score (nSPS) is 14.9. The van der Waals surface area contributed by atoms with Gasteiger partial charge in [0.1, 0.15) is 23.0 Å². The minimum absolute atomic E-state index is 0.0807. The van der Waals surface area contributed by atoms with Crippen LogP contribution in [-0.4, -0.2) is 14.2 Å². The fourth-order valence-corrected chi connectivity index (χ4v) is 4.30. The summed E-state index contributed by atoms with van der Waals surface area (Å²) in [5.41, 5.74) is 1.16. The van der Waals surface area contributed by atoms with Crippen LogP contribution in [0.15, 0.2) is 91.0 Å². The fourth-order valence-electron chi connectivity index (χ4n) is 4.30. The molecular formula is C24H18B2O4. The highest BCUT2D eigenvalue weighted by atomic mass is 16.6. The van der Waals surface area contributed by atoms with Gasteiger partial charge in [-0.25, -0.2) is 0 Å². The molecule has 0 aromatic heterocycles. The van der Waals surface area contributed by atoms with E-state index in [9.17, 15) is 0 Å². The average molecular weight is 392 g/mol. The fraction of sp³-hybridized carbons (Fsp3) is 0.0833. The van der Waals surface area contributed by atoms with E-state index >= 15 is 0 Å². The number of benzene rings is 4. The lowest BCUT2D eigenvalue weighted by Crippen LogP contribution is -2.38. The second kappa shape index (κ2) is 7.06. The third-order valence-corrected chi connectivity index (χ3v) is 5.70. The topological polar surface area (TPSA) is 36.9 Å². The standard InChI is InChI=1S/C24H18B2O4/c1-2-10-18-17(8-1)9-7-11-19(18)20(26-29-23-14-5-6-15-24(23)30-26)16-25-27-21-12-3-4-13-22(21)28-25/h1-15,20H,16H2. The van der Waals surface area contributed by atoms with Crippen LogP contribution in [0.4, 0.5) is 0 Å². The van der Waals surface area contributed by atoms with E-state index in [-0.39, 0.29) is 5.82 Å². The molecule has 6 rings (SSSR count). The van der Waals surface area contributed by atoms with Crippen molar-refractivity contribution in [3.05, 3.63) is 96.6 Å². The van der Waals surface area contributed by atoms with Gasteiger partial charge in [-0.2, -0.15) is 0 Å². The van der Waals surface area contributed by atoms with Crippen LogP contribution in [-0.2, 0) is 0 Å². The first kappa shape index (κ1) is 17.3. The number of para-hydroxylation sites is 4. The molecular weight excluding hydrogens is 374 g/mol. The van der Waals surface area contributed by atoms with Crippen LogP contribution in [0.2, 0.25) is 6.32 Å². The van der Waals surface area contributed by atoms with Crippen LogP contribution >= 0.6 is 0 Å². The highest BCUT2D eigenvalue weighted by Crippen LogP contribution is 2.42. The Hall–Kier alpha value is -3.53. The first-order valence-corrected chi connectivity index (χ1v) is 10.2. The Labute approximate surface area is 175 Å². The maximum absolute atomic E-state index is 6.23. The van der Waals surface area contributed by atoms with Crippen molar-refractivity contribution < 1.29 is 18.6 Å². The molecule has 2 aliphatic heterocycles. The highest BCUT2D eigenvalue weighted by molar-refractivity contribution is 6.55. The van der Waals surface area contributed by atoms with Gasteiger partial charge >= 0.3 is 14.2 Å². The van der Waals surface area contributed by atoms with Gasteiger partial charge in [0, 0.05) is 12.1 Å². The van der Waals surface area contributed by atoms with Gasteiger partial charge in [-0.1, -0.05) is 66.7 Å². The Morgan fingerprint density at radius 1 is 0.567 bits per heavy atom. The molecule has 1 atom stereocenters. The molecule has 4 nitrogen and oxygen atoms in total. The molecule has 2 heterocycles. The van der Waals surface area contributed by atoms with Gasteiger partial charge in [0.15, 0.2) is 0 Å². The van der Waals surface area contributed by atoms with Crippen LogP contribution < -0.4 is 18.6 Å². The summed E-state index contributed by atoms with van der Waals surface area (Å²) in [6.07, 6.45) is 0.599. The molecule has 0 amide bonds. The number of hydrogen-bond acceptors (Lipinski definition) is 4. The van der Waals surface area contributed by atoms with E-state index in [1.165, 1.54) is 10.8 Å². The van der Waals surface area contributed by atoms with Crippen molar-refractivity contribution in [3.8, 4) is 23.0 Å². The molecule has 30 heavy (non-hydrogen) atoms. The predicted molar refractivity (Wildman–Crippen MR) is 118 cm³/mol. The van der Waals surface area contributed by atoms with Crippen LogP contribution in [0.25, 0.3) is 10.8 Å². The quantitative estimate of drug-likeness (QED) is 0.437. The maximum Gasteiger partial charge on any atom is 0.602 e. The van der Waals surface area contributed by atoms with E-state index in [0.717, 1.165) is 28.6 Å². The number of hydrogen-bond donors (Lipinski definition) is 0. The van der Waals surface area contributed by atoms with E-state index < -0.39 is 14.2 Å². The minimum Gasteiger partial charge on any atom is -0.523 e. The van der Waals surface area contributed by atoms with E-state index in [2.05, 4.69) is 42.5 Å². The molecule has 0 saturated heterocycles. The monoisotopic (exact) mass is 392 g/mol. The van der Waals surface area contributed by atoms with Crippen LogP contribution in [0.3, 0.4) is 0 Å². The largest absolute Gasteiger partial charge is 0.602 e. The molecule has 0 aliphatic carbocycles. The number of fused-ring (bicyclic) bond motifs is 3. The van der Waals surface area contributed by atoms with Crippen molar-refractivity contribution in [2.24, 2.45) is 0 Å². The Kier molecular flexibility index (Phi) is 4.08. The summed E-state index contributed by atoms with van der Waals surface area (Å²) in [7, 11) is -0.855. The lowest BCUT2D eigenvalue weighted by molar-refractivity contribution is 0.459. The van der Waals surface area contributed by atoms with Gasteiger partial charge in [-0.3, -0.25) is 0 Å². The zero-order valence-corrected chi connectivity index (χ0v) is 16.2. The summed E-state index contributed by atoms with van der Waals surface area (Å²) in [6.45, 7) is 0. The van der Waals surface area contributed by atoms with Gasteiger partial charge in [0.05, 0.1) is 0 Å². The molecule has 0 bridgehead atoms. The molecule has 4 aromatic carbocycles. The van der Waals surface area contributed by atoms with Crippen LogP contribution in [0, 0.1) is 0 Å². The molecule has 0 spiro atoms. The predicted octanol–water partition coefficient (Wildman–Crippen LogP) is 5.38. The second-order valence-corrected chi connectivity index (χ2v) is 7.57. The molecule has 0 radical (unpaired) electrons. The van der Waals surface area contributed by atoms with Crippen molar-refractivity contribution in [1.82, 2.24) is 0 Å². The first-order valence-electron chi connectivity index (χ1n) is 10.2. The summed E-state index contributed by atoms with van der Waals surface area (Å²) in [5, 5.41) is 2.37. The zero-order valence-electron chi connectivity index (χ0n) is 16.2. The molecule has 2 aliphatic rings. The summed E-state index contributed by atoms with van der Waals surface area (Å²) >= 11 is 0. The number of rotatable bonds is 4. The van der Waals surface area contributed by atoms with E-state index in [4.69, 9.17) is 18.6 Å². The summed E-state index contributed by atoms with van der Waals surface area (Å²) < 4.78 is 24.6. The molecule has 4 aromatic rings. The lowest BCUT2D eigenvalue weighted by Gasteiger charge is -2.21. The van der Waals surface area contributed by atoms with Crippen molar-refractivity contribution >= 4 is 25.0 Å². The van der Waals surface area contributed by atoms with E-state index in [1.807, 2.05) is 48.5 Å². The summed E-state index contributed by atoms with van der Waals surface area (Å²) in [6, 6.07) is 30.3. The Morgan fingerprint density at radius 3 is 1.77 bits per heavy atom. The SMILES string of the molecule is c1ccc2c(c1)OB(CC(B1Oc3ccccc3O1)c1cccc3ccccc13)O2. The lowest BCUT2D eigenvalue weighted by atomic mass is 9.58. The summed E-state index contributed by atoms with van der Waals surface area (Å²) in [5.74, 6) is 3.00. The molecule has 1 unspecified atom stereocenters. The van der Waals surface area contributed by atoms with Crippen molar-refractivity contribution in [2.75, 3.05) is 0 Å². The van der Waals surface area contributed by atoms with Crippen LogP contribution in [0.1, 0.15) is 11.4 Å². The maximum atomic E-state index is 6.23.